The third-order valence-electron chi connectivity index (χ3n) is 1.97. The van der Waals surface area contributed by atoms with Crippen molar-refractivity contribution in [3.05, 3.63) is 30.2 Å². The number of aromatic nitrogens is 3. The Hall–Kier alpha value is -1.38. The molecule has 0 spiro atoms. The van der Waals surface area contributed by atoms with Gasteiger partial charge in [0.2, 0.25) is 0 Å². The summed E-state index contributed by atoms with van der Waals surface area (Å²) in [5.41, 5.74) is 2.22. The van der Waals surface area contributed by atoms with Crippen molar-refractivity contribution < 1.29 is 0 Å². The maximum Gasteiger partial charge on any atom is 0.155 e. The Morgan fingerprint density at radius 1 is 1.12 bits per heavy atom. The summed E-state index contributed by atoms with van der Waals surface area (Å²) in [6.07, 6.45) is 3.51. The monoisotopic (exact) mass is 221 g/mol. The zero-order valence-corrected chi connectivity index (χ0v) is 11.2. The predicted molar refractivity (Wildman–Crippen MR) is 69.8 cm³/mol. The van der Waals surface area contributed by atoms with Gasteiger partial charge in [-0.25, -0.2) is 9.50 Å². The first-order valence-corrected chi connectivity index (χ1v) is 6.06. The summed E-state index contributed by atoms with van der Waals surface area (Å²) >= 11 is 0. The van der Waals surface area contributed by atoms with Gasteiger partial charge in [0.25, 0.3) is 0 Å². The molecule has 2 aromatic rings. The highest BCUT2D eigenvalue weighted by Gasteiger charge is 2.00. The first kappa shape index (κ1) is 14.6. The molecule has 0 bridgehead atoms. The highest BCUT2D eigenvalue weighted by atomic mass is 15.3. The van der Waals surface area contributed by atoms with Gasteiger partial charge in [0.1, 0.15) is 6.33 Å². The maximum absolute atomic E-state index is 4.11. The molecule has 0 radical (unpaired) electrons. The quantitative estimate of drug-likeness (QED) is 0.731. The second-order valence-electron chi connectivity index (χ2n) is 3.18. The first-order chi connectivity index (χ1) is 7.77. The zero-order chi connectivity index (χ0) is 12.6. The van der Waals surface area contributed by atoms with Crippen LogP contribution in [0.5, 0.6) is 0 Å². The summed E-state index contributed by atoms with van der Waals surface area (Å²) in [5.74, 6) is 0.548. The molecule has 0 saturated carbocycles. The summed E-state index contributed by atoms with van der Waals surface area (Å²) in [4.78, 5) is 4.11. The average Bonchev–Trinajstić information content (AvgIpc) is 2.81. The van der Waals surface area contributed by atoms with E-state index in [2.05, 4.69) is 36.1 Å². The van der Waals surface area contributed by atoms with Crippen molar-refractivity contribution >= 4 is 5.65 Å². The van der Waals surface area contributed by atoms with Gasteiger partial charge in [-0.15, -0.1) is 0 Å². The Morgan fingerprint density at radius 3 is 2.31 bits per heavy atom. The number of hydrogen-bond donors (Lipinski definition) is 0. The molecule has 0 amide bonds. The van der Waals surface area contributed by atoms with Gasteiger partial charge in [-0.2, -0.15) is 5.10 Å². The van der Waals surface area contributed by atoms with Crippen LogP contribution in [0.3, 0.4) is 0 Å². The molecule has 0 saturated heterocycles. The maximum atomic E-state index is 4.11. The molecule has 0 N–H and O–H groups in total. The lowest BCUT2D eigenvalue weighted by atomic mass is 10.1. The van der Waals surface area contributed by atoms with Gasteiger partial charge in [-0.05, 0) is 23.6 Å². The molecule has 0 unspecified atom stereocenters. The topological polar surface area (TPSA) is 30.2 Å². The minimum Gasteiger partial charge on any atom is -0.221 e. The Labute approximate surface area is 98.5 Å². The summed E-state index contributed by atoms with van der Waals surface area (Å²) in [5, 5.41) is 4.02. The Kier molecular flexibility index (Phi) is 7.18. The smallest absolute Gasteiger partial charge is 0.155 e. The van der Waals surface area contributed by atoms with Crippen LogP contribution in [0.15, 0.2) is 24.7 Å². The van der Waals surface area contributed by atoms with Crippen LogP contribution in [-0.2, 0) is 0 Å². The van der Waals surface area contributed by atoms with Crippen molar-refractivity contribution in [2.24, 2.45) is 0 Å². The minimum absolute atomic E-state index is 0.548. The fourth-order valence-electron chi connectivity index (χ4n) is 1.19. The predicted octanol–water partition coefficient (Wildman–Crippen LogP) is 3.91. The molecule has 2 aromatic heterocycles. The number of hydrogen-bond acceptors (Lipinski definition) is 2. The van der Waals surface area contributed by atoms with Crippen molar-refractivity contribution in [2.45, 2.75) is 47.5 Å². The lowest BCUT2D eigenvalue weighted by Crippen LogP contribution is -1.91. The van der Waals surface area contributed by atoms with E-state index in [1.165, 1.54) is 5.56 Å². The Bertz CT molecular complexity index is 391. The van der Waals surface area contributed by atoms with E-state index >= 15 is 0 Å². The van der Waals surface area contributed by atoms with E-state index in [0.29, 0.717) is 5.92 Å². The van der Waals surface area contributed by atoms with E-state index in [1.54, 1.807) is 10.8 Å². The third-order valence-corrected chi connectivity index (χ3v) is 1.97. The zero-order valence-electron chi connectivity index (χ0n) is 11.2. The molecule has 0 aliphatic carbocycles. The fourth-order valence-corrected chi connectivity index (χ4v) is 1.19. The van der Waals surface area contributed by atoms with Gasteiger partial charge in [0, 0.05) is 6.20 Å². The summed E-state index contributed by atoms with van der Waals surface area (Å²) in [7, 11) is 0. The molecule has 0 aliphatic heterocycles. The molecule has 90 valence electrons. The standard InChI is InChI=1S/C9H11N3.2C2H6/c1-7(2)8-3-4-12-9(5-8)10-6-11-12;2*1-2/h3-7H,1-2H3;2*1-2H3. The molecule has 0 aliphatic rings. The van der Waals surface area contributed by atoms with Crippen LogP contribution in [0.2, 0.25) is 0 Å². The molecular weight excluding hydrogens is 198 g/mol. The number of fused-ring (bicyclic) bond motifs is 1. The molecule has 16 heavy (non-hydrogen) atoms. The summed E-state index contributed by atoms with van der Waals surface area (Å²) in [6, 6.07) is 4.14. The molecule has 3 heteroatoms. The first-order valence-electron chi connectivity index (χ1n) is 6.06. The minimum atomic E-state index is 0.548. The van der Waals surface area contributed by atoms with Gasteiger partial charge in [0.15, 0.2) is 5.65 Å². The van der Waals surface area contributed by atoms with Crippen LogP contribution < -0.4 is 0 Å². The molecule has 0 atom stereocenters. The van der Waals surface area contributed by atoms with E-state index in [0.717, 1.165) is 5.65 Å². The average molecular weight is 221 g/mol. The summed E-state index contributed by atoms with van der Waals surface area (Å²) in [6.45, 7) is 12.3. The molecule has 0 fully saturated rings. The Balaban J connectivity index is 0.000000509. The van der Waals surface area contributed by atoms with Crippen LogP contribution >= 0.6 is 0 Å². The SMILES string of the molecule is CC.CC.CC(C)c1ccn2ncnc2c1. The molecule has 0 aromatic carbocycles. The van der Waals surface area contributed by atoms with Crippen molar-refractivity contribution in [3.63, 3.8) is 0 Å². The van der Waals surface area contributed by atoms with E-state index < -0.39 is 0 Å². The second kappa shape index (κ2) is 7.85. The van der Waals surface area contributed by atoms with Gasteiger partial charge in [-0.3, -0.25) is 0 Å². The van der Waals surface area contributed by atoms with Crippen LogP contribution in [0.1, 0.15) is 53.0 Å². The van der Waals surface area contributed by atoms with Crippen LogP contribution in [0.25, 0.3) is 5.65 Å². The summed E-state index contributed by atoms with van der Waals surface area (Å²) < 4.78 is 1.77. The number of rotatable bonds is 1. The van der Waals surface area contributed by atoms with E-state index in [9.17, 15) is 0 Å². The highest BCUT2D eigenvalue weighted by molar-refractivity contribution is 5.40. The van der Waals surface area contributed by atoms with Gasteiger partial charge in [-0.1, -0.05) is 41.5 Å². The largest absolute Gasteiger partial charge is 0.221 e. The fraction of sp³-hybridized carbons (Fsp3) is 0.538. The molecule has 2 rings (SSSR count). The van der Waals surface area contributed by atoms with Gasteiger partial charge >= 0.3 is 0 Å². The van der Waals surface area contributed by atoms with Gasteiger partial charge < -0.3 is 0 Å². The number of pyridine rings is 1. The Morgan fingerprint density at radius 2 is 1.75 bits per heavy atom. The number of nitrogens with zero attached hydrogens (tertiary/aromatic N) is 3. The van der Waals surface area contributed by atoms with Crippen molar-refractivity contribution in [3.8, 4) is 0 Å². The van der Waals surface area contributed by atoms with Crippen molar-refractivity contribution in [2.75, 3.05) is 0 Å². The molecule has 2 heterocycles. The normalized spacial score (nSPS) is 9.19. The van der Waals surface area contributed by atoms with E-state index in [-0.39, 0.29) is 0 Å². The second-order valence-corrected chi connectivity index (χ2v) is 3.18. The lowest BCUT2D eigenvalue weighted by molar-refractivity contribution is 0.855. The van der Waals surface area contributed by atoms with Gasteiger partial charge in [0.05, 0.1) is 0 Å². The van der Waals surface area contributed by atoms with Crippen LogP contribution in [0, 0.1) is 0 Å². The highest BCUT2D eigenvalue weighted by Crippen LogP contribution is 2.14. The third kappa shape index (κ3) is 3.65. The van der Waals surface area contributed by atoms with E-state index in [4.69, 9.17) is 0 Å². The van der Waals surface area contributed by atoms with E-state index in [1.807, 2.05) is 33.9 Å². The molecular formula is C13H23N3. The van der Waals surface area contributed by atoms with Crippen LogP contribution in [-0.4, -0.2) is 14.6 Å². The van der Waals surface area contributed by atoms with Crippen molar-refractivity contribution in [1.82, 2.24) is 14.6 Å². The van der Waals surface area contributed by atoms with Crippen LogP contribution in [0.4, 0.5) is 0 Å². The molecule has 3 nitrogen and oxygen atoms in total. The lowest BCUT2D eigenvalue weighted by Gasteiger charge is -2.03. The van der Waals surface area contributed by atoms with Crippen molar-refractivity contribution in [1.29, 1.82) is 0 Å².